The van der Waals surface area contributed by atoms with E-state index in [0.29, 0.717) is 12.3 Å². The molecule has 1 saturated heterocycles. The second kappa shape index (κ2) is 7.16. The molecule has 1 aromatic carbocycles. The first kappa shape index (κ1) is 16.8. The lowest BCUT2D eigenvalue weighted by atomic mass is 9.96. The Kier molecular flexibility index (Phi) is 5.74. The van der Waals surface area contributed by atoms with E-state index in [1.165, 1.54) is 11.1 Å². The van der Waals surface area contributed by atoms with Gasteiger partial charge in [-0.2, -0.15) is 0 Å². The summed E-state index contributed by atoms with van der Waals surface area (Å²) in [5.41, 5.74) is 2.36. The second-order valence-corrected chi connectivity index (χ2v) is 7.70. The Morgan fingerprint density at radius 2 is 2.14 bits per heavy atom. The molecule has 2 unspecified atom stereocenters. The van der Waals surface area contributed by atoms with E-state index in [9.17, 15) is 9.90 Å². The van der Waals surface area contributed by atoms with Crippen LogP contribution in [0.25, 0.3) is 0 Å². The zero-order valence-corrected chi connectivity index (χ0v) is 15.1. The molecule has 0 radical (unpaired) electrons. The molecule has 1 fully saturated rings. The van der Waals surface area contributed by atoms with Gasteiger partial charge in [-0.05, 0) is 49.4 Å². The maximum absolute atomic E-state index is 12.3. The van der Waals surface area contributed by atoms with E-state index in [2.05, 4.69) is 41.9 Å². The fourth-order valence-corrected chi connectivity index (χ4v) is 3.88. The van der Waals surface area contributed by atoms with Crippen molar-refractivity contribution in [3.63, 3.8) is 0 Å². The Labute approximate surface area is 139 Å². The van der Waals surface area contributed by atoms with Gasteiger partial charge in [-0.15, -0.1) is 11.8 Å². The predicted molar refractivity (Wildman–Crippen MR) is 90.7 cm³/mol. The van der Waals surface area contributed by atoms with Crippen LogP contribution in [0.5, 0.6) is 0 Å². The van der Waals surface area contributed by atoms with Gasteiger partial charge in [0.15, 0.2) is 0 Å². The molecule has 116 valence electrons. The number of carbonyl (C=O) groups excluding carboxylic acids is 1. The number of halogens is 1. The monoisotopic (exact) mass is 371 g/mol. The number of nitrogens with zero attached hydrogens (tertiary/aromatic N) is 1. The van der Waals surface area contributed by atoms with Crippen molar-refractivity contribution in [1.29, 1.82) is 0 Å². The lowest BCUT2D eigenvalue weighted by molar-refractivity contribution is -0.132. The van der Waals surface area contributed by atoms with Crippen LogP contribution in [-0.2, 0) is 4.79 Å². The van der Waals surface area contributed by atoms with Crippen molar-refractivity contribution >= 4 is 33.6 Å². The van der Waals surface area contributed by atoms with Gasteiger partial charge in [-0.3, -0.25) is 4.79 Å². The molecule has 1 amide bonds. The number of hydrogen-bond donors (Lipinski definition) is 1. The van der Waals surface area contributed by atoms with Crippen molar-refractivity contribution in [2.24, 2.45) is 5.92 Å². The number of hydrogen-bond acceptors (Lipinski definition) is 3. The smallest absolute Gasteiger partial charge is 0.233 e. The first-order chi connectivity index (χ1) is 9.88. The quantitative estimate of drug-likeness (QED) is 0.827. The number of aryl methyl sites for hydroxylation is 2. The highest BCUT2D eigenvalue weighted by molar-refractivity contribution is 9.10. The molecular formula is C16H22BrNO2S. The summed E-state index contributed by atoms with van der Waals surface area (Å²) in [6, 6.07) is 4.21. The minimum absolute atomic E-state index is 0.117. The molecule has 1 aromatic rings. The first-order valence-corrected chi connectivity index (χ1v) is 9.01. The van der Waals surface area contributed by atoms with Crippen LogP contribution >= 0.6 is 27.7 Å². The zero-order valence-electron chi connectivity index (χ0n) is 12.7. The van der Waals surface area contributed by atoms with Crippen LogP contribution in [0, 0.1) is 19.8 Å². The molecule has 1 aliphatic heterocycles. The van der Waals surface area contributed by atoms with Crippen molar-refractivity contribution in [2.45, 2.75) is 38.2 Å². The van der Waals surface area contributed by atoms with E-state index >= 15 is 0 Å². The fourth-order valence-electron chi connectivity index (χ4n) is 2.42. The van der Waals surface area contributed by atoms with Crippen LogP contribution < -0.4 is 0 Å². The molecule has 5 heteroatoms. The van der Waals surface area contributed by atoms with Gasteiger partial charge in [-0.1, -0.05) is 22.9 Å². The van der Waals surface area contributed by atoms with E-state index in [1.54, 1.807) is 16.7 Å². The zero-order chi connectivity index (χ0) is 15.6. The number of rotatable bonds is 3. The number of aliphatic hydroxyl groups excluding tert-OH is 1. The maximum Gasteiger partial charge on any atom is 0.233 e. The average molecular weight is 372 g/mol. The van der Waals surface area contributed by atoms with Crippen LogP contribution in [0.4, 0.5) is 0 Å². The maximum atomic E-state index is 12.3. The molecule has 0 aliphatic carbocycles. The number of benzene rings is 1. The van der Waals surface area contributed by atoms with E-state index in [4.69, 9.17) is 0 Å². The summed E-state index contributed by atoms with van der Waals surface area (Å²) in [5, 5.41) is 9.89. The number of piperidine rings is 1. The summed E-state index contributed by atoms with van der Waals surface area (Å²) in [7, 11) is 0. The third-order valence-corrected chi connectivity index (χ3v) is 6.08. The summed E-state index contributed by atoms with van der Waals surface area (Å²) < 4.78 is 1.10. The van der Waals surface area contributed by atoms with Gasteiger partial charge in [0.05, 0.1) is 11.9 Å². The average Bonchev–Trinajstić information content (AvgIpc) is 2.44. The topological polar surface area (TPSA) is 40.5 Å². The van der Waals surface area contributed by atoms with Crippen LogP contribution in [-0.4, -0.2) is 40.9 Å². The molecule has 1 aliphatic rings. The number of β-amino-alcohol motifs (C(OH)–C–C–N with tert-alkyl or cyclic N) is 1. The fraction of sp³-hybridized carbons (Fsp3) is 0.562. The molecule has 0 aromatic heterocycles. The van der Waals surface area contributed by atoms with Crippen molar-refractivity contribution in [3.8, 4) is 0 Å². The Hall–Kier alpha value is -0.520. The van der Waals surface area contributed by atoms with Crippen molar-refractivity contribution in [3.05, 3.63) is 27.7 Å². The molecule has 0 saturated carbocycles. The van der Waals surface area contributed by atoms with Gasteiger partial charge in [0, 0.05) is 22.5 Å². The first-order valence-electron chi connectivity index (χ1n) is 7.24. The van der Waals surface area contributed by atoms with Gasteiger partial charge >= 0.3 is 0 Å². The Morgan fingerprint density at radius 3 is 2.81 bits per heavy atom. The third-order valence-electron chi connectivity index (χ3n) is 4.08. The van der Waals surface area contributed by atoms with Crippen LogP contribution in [0.3, 0.4) is 0 Å². The molecule has 0 spiro atoms. The van der Waals surface area contributed by atoms with Gasteiger partial charge < -0.3 is 10.0 Å². The normalized spacial score (nSPS) is 22.4. The standard InChI is InChI=1S/C16H22BrNO2S/c1-10-4-5-18(8-14(10)19)16(20)9-21-15-7-11(2)13(17)6-12(15)3/h6-7,10,14,19H,4-5,8-9H2,1-3H3. The van der Waals surface area contributed by atoms with Gasteiger partial charge in [0.25, 0.3) is 0 Å². The van der Waals surface area contributed by atoms with Gasteiger partial charge in [0.1, 0.15) is 0 Å². The molecular weight excluding hydrogens is 350 g/mol. The Balaban J connectivity index is 1.94. The molecule has 1 N–H and O–H groups in total. The number of thioether (sulfide) groups is 1. The summed E-state index contributed by atoms with van der Waals surface area (Å²) in [5.74, 6) is 0.840. The third kappa shape index (κ3) is 4.24. The largest absolute Gasteiger partial charge is 0.391 e. The summed E-state index contributed by atoms with van der Waals surface area (Å²) in [4.78, 5) is 15.2. The Bertz CT molecular complexity index is 535. The highest BCUT2D eigenvalue weighted by Crippen LogP contribution is 2.29. The number of aliphatic hydroxyl groups is 1. The second-order valence-electron chi connectivity index (χ2n) is 5.83. The number of amides is 1. The summed E-state index contributed by atoms with van der Waals surface area (Å²) in [6.45, 7) is 7.38. The highest BCUT2D eigenvalue weighted by Gasteiger charge is 2.27. The SMILES string of the molecule is Cc1cc(SCC(=O)N2CCC(C)C(O)C2)c(C)cc1Br. The van der Waals surface area contributed by atoms with Crippen LogP contribution in [0.15, 0.2) is 21.5 Å². The molecule has 21 heavy (non-hydrogen) atoms. The molecule has 0 bridgehead atoms. The number of likely N-dealkylation sites (tertiary alicyclic amines) is 1. The molecule has 1 heterocycles. The lowest BCUT2D eigenvalue weighted by Crippen LogP contribution is -2.46. The summed E-state index contributed by atoms with van der Waals surface area (Å²) in [6.07, 6.45) is 0.498. The van der Waals surface area contributed by atoms with E-state index in [-0.39, 0.29) is 17.9 Å². The minimum Gasteiger partial charge on any atom is -0.391 e. The molecule has 3 nitrogen and oxygen atoms in total. The lowest BCUT2D eigenvalue weighted by Gasteiger charge is -2.34. The summed E-state index contributed by atoms with van der Waals surface area (Å²) >= 11 is 5.10. The van der Waals surface area contributed by atoms with Crippen molar-refractivity contribution in [1.82, 2.24) is 4.90 Å². The van der Waals surface area contributed by atoms with Crippen LogP contribution in [0.1, 0.15) is 24.5 Å². The van der Waals surface area contributed by atoms with Gasteiger partial charge in [0.2, 0.25) is 5.91 Å². The van der Waals surface area contributed by atoms with Crippen LogP contribution in [0.2, 0.25) is 0 Å². The molecule has 2 atom stereocenters. The van der Waals surface area contributed by atoms with E-state index in [0.717, 1.165) is 22.3 Å². The van der Waals surface area contributed by atoms with E-state index in [1.807, 2.05) is 6.92 Å². The Morgan fingerprint density at radius 1 is 1.43 bits per heavy atom. The van der Waals surface area contributed by atoms with Gasteiger partial charge in [-0.25, -0.2) is 0 Å². The van der Waals surface area contributed by atoms with Crippen molar-refractivity contribution < 1.29 is 9.90 Å². The predicted octanol–water partition coefficient (Wildman–Crippen LogP) is 3.39. The highest BCUT2D eigenvalue weighted by atomic mass is 79.9. The number of carbonyl (C=O) groups is 1. The van der Waals surface area contributed by atoms with E-state index < -0.39 is 0 Å². The minimum atomic E-state index is -0.385. The van der Waals surface area contributed by atoms with Crippen molar-refractivity contribution in [2.75, 3.05) is 18.8 Å². The molecule has 2 rings (SSSR count).